The molecule has 6 nitrogen and oxygen atoms in total. The lowest BCUT2D eigenvalue weighted by Gasteiger charge is -2.18. The van der Waals surface area contributed by atoms with E-state index >= 15 is 0 Å². The zero-order valence-corrected chi connectivity index (χ0v) is 15.0. The maximum atomic E-state index is 13.5. The first-order valence-electron chi connectivity index (χ1n) is 8.53. The van der Waals surface area contributed by atoms with Gasteiger partial charge in [0.1, 0.15) is 19.0 Å². The summed E-state index contributed by atoms with van der Waals surface area (Å²) in [6.07, 6.45) is 0. The highest BCUT2D eigenvalue weighted by molar-refractivity contribution is 6.03. The van der Waals surface area contributed by atoms with Crippen LogP contribution in [-0.4, -0.2) is 28.9 Å². The number of aromatic nitrogens is 2. The predicted octanol–water partition coefficient (Wildman–Crippen LogP) is 3.56. The molecule has 0 atom stereocenters. The minimum atomic E-state index is -0.340. The van der Waals surface area contributed by atoms with Crippen LogP contribution in [0.15, 0.2) is 42.5 Å². The Labute approximate surface area is 155 Å². The smallest absolute Gasteiger partial charge is 0.276 e. The Morgan fingerprint density at radius 1 is 1.11 bits per heavy atom. The maximum Gasteiger partial charge on any atom is 0.276 e. The number of nitrogens with zero attached hydrogens (tertiary/aromatic N) is 2. The molecule has 0 spiro atoms. The first-order valence-corrected chi connectivity index (χ1v) is 8.53. The van der Waals surface area contributed by atoms with Crippen molar-refractivity contribution < 1.29 is 18.7 Å². The number of aryl methyl sites for hydroxylation is 2. The van der Waals surface area contributed by atoms with E-state index in [1.54, 1.807) is 55.1 Å². The number of fused-ring (bicyclic) bond motifs is 1. The third-order valence-electron chi connectivity index (χ3n) is 4.37. The molecule has 4 rings (SSSR count). The number of anilines is 1. The molecule has 0 aliphatic carbocycles. The molecule has 1 aromatic heterocycles. The van der Waals surface area contributed by atoms with Gasteiger partial charge in [-0.15, -0.1) is 0 Å². The Morgan fingerprint density at radius 2 is 1.89 bits per heavy atom. The van der Waals surface area contributed by atoms with Crippen LogP contribution in [0.3, 0.4) is 0 Å². The molecule has 0 radical (unpaired) electrons. The Hall–Kier alpha value is -3.35. The zero-order valence-electron chi connectivity index (χ0n) is 15.0. The molecule has 0 saturated heterocycles. The number of halogens is 1. The molecule has 0 unspecified atom stereocenters. The van der Waals surface area contributed by atoms with Gasteiger partial charge in [-0.25, -0.2) is 4.39 Å². The van der Waals surface area contributed by atoms with Crippen molar-refractivity contribution >= 4 is 11.6 Å². The lowest BCUT2D eigenvalue weighted by Crippen LogP contribution is -2.16. The standard InChI is InChI=1S/C20H18FN3O3/c1-12-9-13(3-5-15(12)21)17-11-16(23-24(17)2)20(25)22-14-4-6-18-19(10-14)27-8-7-26-18/h3-6,9-11H,7-8H2,1-2H3,(H,22,25). The fraction of sp³-hybridized carbons (Fsp3) is 0.200. The second-order valence-corrected chi connectivity index (χ2v) is 6.31. The van der Waals surface area contributed by atoms with E-state index in [1.807, 2.05) is 0 Å². The minimum absolute atomic E-state index is 0.266. The number of rotatable bonds is 3. The van der Waals surface area contributed by atoms with E-state index in [4.69, 9.17) is 9.47 Å². The van der Waals surface area contributed by atoms with Crippen molar-refractivity contribution in [3.05, 3.63) is 59.5 Å². The van der Waals surface area contributed by atoms with Crippen molar-refractivity contribution in [3.63, 3.8) is 0 Å². The van der Waals surface area contributed by atoms with Crippen molar-refractivity contribution in [2.75, 3.05) is 18.5 Å². The molecule has 1 aliphatic heterocycles. The molecule has 0 fully saturated rings. The van der Waals surface area contributed by atoms with Crippen molar-refractivity contribution in [1.82, 2.24) is 9.78 Å². The summed E-state index contributed by atoms with van der Waals surface area (Å²) in [7, 11) is 1.74. The molecule has 2 aromatic carbocycles. The molecule has 27 heavy (non-hydrogen) atoms. The summed E-state index contributed by atoms with van der Waals surface area (Å²) in [4.78, 5) is 12.6. The number of amides is 1. The van der Waals surface area contributed by atoms with Gasteiger partial charge in [0, 0.05) is 24.4 Å². The Kier molecular flexibility index (Phi) is 4.27. The van der Waals surface area contributed by atoms with Crippen LogP contribution in [-0.2, 0) is 7.05 Å². The van der Waals surface area contributed by atoms with Crippen LogP contribution in [0, 0.1) is 12.7 Å². The van der Waals surface area contributed by atoms with Gasteiger partial charge < -0.3 is 14.8 Å². The van der Waals surface area contributed by atoms with Gasteiger partial charge in [0.25, 0.3) is 5.91 Å². The predicted molar refractivity (Wildman–Crippen MR) is 98.7 cm³/mol. The summed E-state index contributed by atoms with van der Waals surface area (Å²) in [5.41, 5.74) is 2.92. The second kappa shape index (κ2) is 6.75. The van der Waals surface area contributed by atoms with Gasteiger partial charge in [0.15, 0.2) is 17.2 Å². The van der Waals surface area contributed by atoms with Crippen molar-refractivity contribution in [1.29, 1.82) is 0 Å². The highest BCUT2D eigenvalue weighted by Gasteiger charge is 2.17. The fourth-order valence-corrected chi connectivity index (χ4v) is 2.97. The molecule has 1 N–H and O–H groups in total. The van der Waals surface area contributed by atoms with E-state index in [0.717, 1.165) is 11.3 Å². The number of hydrogen-bond donors (Lipinski definition) is 1. The van der Waals surface area contributed by atoms with Crippen LogP contribution < -0.4 is 14.8 Å². The molecule has 1 amide bonds. The largest absolute Gasteiger partial charge is 0.486 e. The fourth-order valence-electron chi connectivity index (χ4n) is 2.97. The third kappa shape index (κ3) is 3.36. The van der Waals surface area contributed by atoms with Gasteiger partial charge in [-0.1, -0.05) is 0 Å². The van der Waals surface area contributed by atoms with Crippen LogP contribution >= 0.6 is 0 Å². The summed E-state index contributed by atoms with van der Waals surface area (Å²) < 4.78 is 26.1. The quantitative estimate of drug-likeness (QED) is 0.769. The number of carbonyl (C=O) groups is 1. The highest BCUT2D eigenvalue weighted by atomic mass is 19.1. The highest BCUT2D eigenvalue weighted by Crippen LogP contribution is 2.32. The summed E-state index contributed by atoms with van der Waals surface area (Å²) in [6, 6.07) is 11.7. The van der Waals surface area contributed by atoms with Crippen LogP contribution in [0.25, 0.3) is 11.3 Å². The van der Waals surface area contributed by atoms with Gasteiger partial charge >= 0.3 is 0 Å². The molecule has 138 valence electrons. The average molecular weight is 367 g/mol. The molecule has 3 aromatic rings. The summed E-state index contributed by atoms with van der Waals surface area (Å²) >= 11 is 0. The first kappa shape index (κ1) is 17.1. The summed E-state index contributed by atoms with van der Waals surface area (Å²) in [5.74, 6) is 0.651. The van der Waals surface area contributed by atoms with E-state index < -0.39 is 0 Å². The summed E-state index contributed by atoms with van der Waals surface area (Å²) in [6.45, 7) is 2.69. The first-order chi connectivity index (χ1) is 13.0. The molecule has 1 aliphatic rings. The van der Waals surface area contributed by atoms with Crippen LogP contribution in [0.5, 0.6) is 11.5 Å². The Bertz CT molecular complexity index is 1030. The Balaban J connectivity index is 1.57. The van der Waals surface area contributed by atoms with Crippen LogP contribution in [0.4, 0.5) is 10.1 Å². The lowest BCUT2D eigenvalue weighted by atomic mass is 10.1. The number of carbonyl (C=O) groups excluding carboxylic acids is 1. The van der Waals surface area contributed by atoms with E-state index in [-0.39, 0.29) is 17.4 Å². The van der Waals surface area contributed by atoms with Gasteiger partial charge in [-0.05, 0) is 48.9 Å². The van der Waals surface area contributed by atoms with Crippen LogP contribution in [0.1, 0.15) is 16.1 Å². The average Bonchev–Trinajstić information content (AvgIpc) is 3.06. The third-order valence-corrected chi connectivity index (χ3v) is 4.37. The Morgan fingerprint density at radius 3 is 2.67 bits per heavy atom. The number of nitrogens with one attached hydrogen (secondary N) is 1. The second-order valence-electron chi connectivity index (χ2n) is 6.31. The summed E-state index contributed by atoms with van der Waals surface area (Å²) in [5, 5.41) is 7.09. The van der Waals surface area contributed by atoms with Gasteiger partial charge in [-0.2, -0.15) is 5.10 Å². The van der Waals surface area contributed by atoms with Gasteiger partial charge in [-0.3, -0.25) is 9.48 Å². The minimum Gasteiger partial charge on any atom is -0.486 e. The van der Waals surface area contributed by atoms with Gasteiger partial charge in [0.05, 0.1) is 5.69 Å². The topological polar surface area (TPSA) is 65.4 Å². The molecule has 7 heteroatoms. The molecular weight excluding hydrogens is 349 g/mol. The normalized spacial score (nSPS) is 12.7. The SMILES string of the molecule is Cc1cc(-c2cc(C(=O)Nc3ccc4c(c3)OCCO4)nn2C)ccc1F. The number of hydrogen-bond acceptors (Lipinski definition) is 4. The zero-order chi connectivity index (χ0) is 19.0. The van der Waals surface area contributed by atoms with Crippen molar-refractivity contribution in [2.45, 2.75) is 6.92 Å². The van der Waals surface area contributed by atoms with E-state index in [1.165, 1.54) is 6.07 Å². The van der Waals surface area contributed by atoms with E-state index in [2.05, 4.69) is 10.4 Å². The lowest BCUT2D eigenvalue weighted by molar-refractivity contribution is 0.102. The van der Waals surface area contributed by atoms with E-state index in [9.17, 15) is 9.18 Å². The van der Waals surface area contributed by atoms with Gasteiger partial charge in [0.2, 0.25) is 0 Å². The van der Waals surface area contributed by atoms with Crippen molar-refractivity contribution in [3.8, 4) is 22.8 Å². The monoisotopic (exact) mass is 367 g/mol. The molecule has 0 bridgehead atoms. The number of ether oxygens (including phenoxy) is 2. The number of benzene rings is 2. The van der Waals surface area contributed by atoms with E-state index in [0.29, 0.717) is 36.0 Å². The molecule has 2 heterocycles. The molecule has 0 saturated carbocycles. The maximum absolute atomic E-state index is 13.5. The van der Waals surface area contributed by atoms with Crippen molar-refractivity contribution in [2.24, 2.45) is 7.05 Å². The van der Waals surface area contributed by atoms with Crippen LogP contribution in [0.2, 0.25) is 0 Å². The molecular formula is C20H18FN3O3.